The van der Waals surface area contributed by atoms with Crippen molar-refractivity contribution in [3.63, 3.8) is 0 Å². The maximum absolute atomic E-state index is 11.6. The van der Waals surface area contributed by atoms with E-state index in [0.717, 1.165) is 12.8 Å². The third kappa shape index (κ3) is 5.00. The molecular formula is C14H26O2. The van der Waals surface area contributed by atoms with Gasteiger partial charge in [-0.3, -0.25) is 4.79 Å². The number of carbonyl (C=O) groups is 1. The zero-order chi connectivity index (χ0) is 11.8. The van der Waals surface area contributed by atoms with Gasteiger partial charge in [0.05, 0.1) is 0 Å². The molecule has 0 bridgehead atoms. The number of ether oxygens (including phenoxy) is 1. The molecule has 1 fully saturated rings. The van der Waals surface area contributed by atoms with Crippen molar-refractivity contribution < 1.29 is 9.53 Å². The molecule has 0 N–H and O–H groups in total. The second-order valence-corrected chi connectivity index (χ2v) is 5.05. The number of hydrogen-bond donors (Lipinski definition) is 0. The molecule has 0 aliphatic heterocycles. The van der Waals surface area contributed by atoms with Crippen molar-refractivity contribution in [2.45, 2.75) is 77.7 Å². The summed E-state index contributed by atoms with van der Waals surface area (Å²) in [6.45, 7) is 4.24. The smallest absolute Gasteiger partial charge is 0.306 e. The lowest BCUT2D eigenvalue weighted by molar-refractivity contribution is -0.150. The fraction of sp³-hybridized carbons (Fsp3) is 0.929. The first-order valence-corrected chi connectivity index (χ1v) is 6.93. The summed E-state index contributed by atoms with van der Waals surface area (Å²) < 4.78 is 5.48. The van der Waals surface area contributed by atoms with Gasteiger partial charge in [-0.05, 0) is 32.1 Å². The van der Waals surface area contributed by atoms with Crippen molar-refractivity contribution in [3.05, 3.63) is 0 Å². The van der Waals surface area contributed by atoms with Crippen LogP contribution in [0.25, 0.3) is 0 Å². The molecule has 0 spiro atoms. The van der Waals surface area contributed by atoms with Crippen LogP contribution in [0.3, 0.4) is 0 Å². The Kier molecular flexibility index (Phi) is 6.51. The van der Waals surface area contributed by atoms with Crippen LogP contribution in [0, 0.1) is 5.92 Å². The highest BCUT2D eigenvalue weighted by Gasteiger charge is 2.24. The zero-order valence-electron chi connectivity index (χ0n) is 10.8. The van der Waals surface area contributed by atoms with E-state index in [2.05, 4.69) is 13.8 Å². The average Bonchev–Trinajstić information content (AvgIpc) is 2.77. The molecule has 2 nitrogen and oxygen atoms in total. The van der Waals surface area contributed by atoms with E-state index in [4.69, 9.17) is 4.74 Å². The molecule has 1 saturated carbocycles. The summed E-state index contributed by atoms with van der Waals surface area (Å²) in [7, 11) is 0. The van der Waals surface area contributed by atoms with Crippen LogP contribution < -0.4 is 0 Å². The van der Waals surface area contributed by atoms with Gasteiger partial charge in [0.15, 0.2) is 0 Å². The molecule has 94 valence electrons. The molecule has 16 heavy (non-hydrogen) atoms. The van der Waals surface area contributed by atoms with E-state index in [-0.39, 0.29) is 12.1 Å². The fourth-order valence-electron chi connectivity index (χ4n) is 2.49. The average molecular weight is 226 g/mol. The van der Waals surface area contributed by atoms with E-state index < -0.39 is 0 Å². The van der Waals surface area contributed by atoms with E-state index >= 15 is 0 Å². The minimum Gasteiger partial charge on any atom is -0.462 e. The van der Waals surface area contributed by atoms with Gasteiger partial charge < -0.3 is 4.74 Å². The van der Waals surface area contributed by atoms with Gasteiger partial charge in [0, 0.05) is 6.42 Å². The highest BCUT2D eigenvalue weighted by atomic mass is 16.5. The van der Waals surface area contributed by atoms with Crippen LogP contribution in [0.1, 0.15) is 71.6 Å². The molecular weight excluding hydrogens is 200 g/mol. The number of esters is 1. The minimum absolute atomic E-state index is 0.00973. The molecule has 0 saturated heterocycles. The molecule has 0 radical (unpaired) electrons. The second-order valence-electron chi connectivity index (χ2n) is 5.05. The first kappa shape index (κ1) is 13.5. The Balaban J connectivity index is 2.08. The van der Waals surface area contributed by atoms with Crippen molar-refractivity contribution in [1.29, 1.82) is 0 Å². The molecule has 0 heterocycles. The largest absolute Gasteiger partial charge is 0.462 e. The minimum atomic E-state index is 0.00973. The lowest BCUT2D eigenvalue weighted by atomic mass is 10.0. The van der Waals surface area contributed by atoms with Gasteiger partial charge in [-0.1, -0.05) is 39.0 Å². The van der Waals surface area contributed by atoms with Crippen molar-refractivity contribution in [1.82, 2.24) is 0 Å². The Bertz CT molecular complexity index is 195. The number of unbranched alkanes of at least 4 members (excludes halogenated alkanes) is 3. The number of rotatable bonds is 7. The lowest BCUT2D eigenvalue weighted by Crippen LogP contribution is -2.22. The van der Waals surface area contributed by atoms with Crippen molar-refractivity contribution >= 4 is 5.97 Å². The summed E-state index contributed by atoms with van der Waals surface area (Å²) in [5, 5.41) is 0. The van der Waals surface area contributed by atoms with Crippen LogP contribution in [0.15, 0.2) is 0 Å². The van der Waals surface area contributed by atoms with Gasteiger partial charge in [0.25, 0.3) is 0 Å². The summed E-state index contributed by atoms with van der Waals surface area (Å²) in [6, 6.07) is 0. The highest BCUT2D eigenvalue weighted by molar-refractivity contribution is 5.69. The predicted molar refractivity (Wildman–Crippen MR) is 66.3 cm³/mol. The van der Waals surface area contributed by atoms with E-state index in [1.165, 1.54) is 38.5 Å². The molecule has 2 heteroatoms. The SMILES string of the molecule is CCCCCCC(=O)OC(C)C1CCCC1. The van der Waals surface area contributed by atoms with Gasteiger partial charge in [0.2, 0.25) is 0 Å². The van der Waals surface area contributed by atoms with Gasteiger partial charge >= 0.3 is 5.97 Å². The van der Waals surface area contributed by atoms with Crippen LogP contribution in [-0.4, -0.2) is 12.1 Å². The number of hydrogen-bond acceptors (Lipinski definition) is 2. The summed E-state index contributed by atoms with van der Waals surface area (Å²) in [5.74, 6) is 0.634. The zero-order valence-corrected chi connectivity index (χ0v) is 10.8. The number of carbonyl (C=O) groups excluding carboxylic acids is 1. The molecule has 1 unspecified atom stereocenters. The summed E-state index contributed by atoms with van der Waals surface area (Å²) in [4.78, 5) is 11.6. The highest BCUT2D eigenvalue weighted by Crippen LogP contribution is 2.29. The third-order valence-electron chi connectivity index (χ3n) is 3.62. The Morgan fingerprint density at radius 1 is 1.25 bits per heavy atom. The van der Waals surface area contributed by atoms with Crippen LogP contribution in [0.4, 0.5) is 0 Å². The first-order chi connectivity index (χ1) is 7.74. The fourth-order valence-corrected chi connectivity index (χ4v) is 2.49. The predicted octanol–water partition coefficient (Wildman–Crippen LogP) is 4.08. The van der Waals surface area contributed by atoms with Gasteiger partial charge in [-0.25, -0.2) is 0 Å². The molecule has 1 rings (SSSR count). The van der Waals surface area contributed by atoms with Crippen molar-refractivity contribution in [2.75, 3.05) is 0 Å². The van der Waals surface area contributed by atoms with Gasteiger partial charge in [-0.15, -0.1) is 0 Å². The normalized spacial score (nSPS) is 18.6. The molecule has 1 aliphatic rings. The molecule has 1 aliphatic carbocycles. The van der Waals surface area contributed by atoms with E-state index in [1.807, 2.05) is 0 Å². The Labute approximate surface area is 99.8 Å². The standard InChI is InChI=1S/C14H26O2/c1-3-4-5-6-11-14(15)16-12(2)13-9-7-8-10-13/h12-13H,3-11H2,1-2H3. The molecule has 0 aromatic heterocycles. The quantitative estimate of drug-likeness (QED) is 0.483. The van der Waals surface area contributed by atoms with E-state index in [9.17, 15) is 4.79 Å². The van der Waals surface area contributed by atoms with Crippen LogP contribution >= 0.6 is 0 Å². The third-order valence-corrected chi connectivity index (χ3v) is 3.62. The van der Waals surface area contributed by atoms with Crippen molar-refractivity contribution in [2.24, 2.45) is 5.92 Å². The monoisotopic (exact) mass is 226 g/mol. The van der Waals surface area contributed by atoms with Crippen molar-refractivity contribution in [3.8, 4) is 0 Å². The Morgan fingerprint density at radius 2 is 1.94 bits per heavy atom. The maximum Gasteiger partial charge on any atom is 0.306 e. The molecule has 0 aromatic rings. The molecule has 1 atom stereocenters. The summed E-state index contributed by atoms with van der Waals surface area (Å²) in [5.41, 5.74) is 0. The molecule has 0 amide bonds. The summed E-state index contributed by atoms with van der Waals surface area (Å²) >= 11 is 0. The second kappa shape index (κ2) is 7.70. The van der Waals surface area contributed by atoms with E-state index in [1.54, 1.807) is 0 Å². The first-order valence-electron chi connectivity index (χ1n) is 6.93. The maximum atomic E-state index is 11.6. The summed E-state index contributed by atoms with van der Waals surface area (Å²) in [6.07, 6.45) is 10.4. The topological polar surface area (TPSA) is 26.3 Å². The Hall–Kier alpha value is -0.530. The van der Waals surface area contributed by atoms with E-state index in [0.29, 0.717) is 12.3 Å². The van der Waals surface area contributed by atoms with Crippen LogP contribution in [-0.2, 0) is 9.53 Å². The lowest BCUT2D eigenvalue weighted by Gasteiger charge is -2.19. The van der Waals surface area contributed by atoms with Crippen LogP contribution in [0.5, 0.6) is 0 Å². The van der Waals surface area contributed by atoms with Crippen LogP contribution in [0.2, 0.25) is 0 Å². The Morgan fingerprint density at radius 3 is 2.56 bits per heavy atom. The van der Waals surface area contributed by atoms with Gasteiger partial charge in [0.1, 0.15) is 6.10 Å². The molecule has 0 aromatic carbocycles. The van der Waals surface area contributed by atoms with Gasteiger partial charge in [-0.2, -0.15) is 0 Å².